The summed E-state index contributed by atoms with van der Waals surface area (Å²) in [5.74, 6) is -1.32. The Morgan fingerprint density at radius 2 is 1.93 bits per heavy atom. The number of para-hydroxylation sites is 1. The van der Waals surface area contributed by atoms with E-state index in [1.807, 2.05) is 0 Å². The van der Waals surface area contributed by atoms with Crippen molar-refractivity contribution in [2.24, 2.45) is 11.8 Å². The number of hydrogen-bond donors (Lipinski definition) is 1. The molecule has 148 valence electrons. The maximum absolute atomic E-state index is 12.6. The van der Waals surface area contributed by atoms with Crippen LogP contribution < -0.4 is 4.74 Å². The van der Waals surface area contributed by atoms with Crippen LogP contribution in [0.4, 0.5) is 8.78 Å². The van der Waals surface area contributed by atoms with Gasteiger partial charge in [0.25, 0.3) is 0 Å². The number of piperidine rings is 1. The molecule has 2 heterocycles. The summed E-state index contributed by atoms with van der Waals surface area (Å²) in [4.78, 5) is 25.6. The Hall–Kier alpha value is -2.22. The molecule has 0 aliphatic carbocycles. The SMILES string of the molecule is O=C(O)C1CCO[C@H]1C1CCN(C(=O)Cc2ccccc2OC(F)F)CC1. The van der Waals surface area contributed by atoms with Gasteiger partial charge in [-0.3, -0.25) is 9.59 Å². The number of ether oxygens (including phenoxy) is 2. The van der Waals surface area contributed by atoms with Crippen molar-refractivity contribution < 1.29 is 33.0 Å². The first kappa shape index (κ1) is 19.5. The Labute approximate surface area is 156 Å². The number of carboxylic acids is 1. The van der Waals surface area contributed by atoms with Crippen LogP contribution in [0.1, 0.15) is 24.8 Å². The summed E-state index contributed by atoms with van der Waals surface area (Å²) in [5.41, 5.74) is 0.426. The number of alkyl halides is 2. The van der Waals surface area contributed by atoms with E-state index in [2.05, 4.69) is 4.74 Å². The third-order valence-corrected chi connectivity index (χ3v) is 5.34. The number of carbonyl (C=O) groups is 2. The molecule has 0 bridgehead atoms. The fourth-order valence-corrected chi connectivity index (χ4v) is 3.95. The number of carbonyl (C=O) groups excluding carboxylic acids is 1. The third-order valence-electron chi connectivity index (χ3n) is 5.34. The zero-order valence-corrected chi connectivity index (χ0v) is 14.9. The van der Waals surface area contributed by atoms with Gasteiger partial charge in [0, 0.05) is 25.3 Å². The molecule has 1 aromatic carbocycles. The second-order valence-corrected chi connectivity index (χ2v) is 6.95. The van der Waals surface area contributed by atoms with Gasteiger partial charge in [0.2, 0.25) is 5.91 Å². The first-order valence-corrected chi connectivity index (χ1v) is 9.10. The third kappa shape index (κ3) is 4.74. The predicted octanol–water partition coefficient (Wildman–Crippen LogP) is 2.56. The average Bonchev–Trinajstić information content (AvgIpc) is 3.13. The molecule has 1 amide bonds. The lowest BCUT2D eigenvalue weighted by Gasteiger charge is -2.35. The molecule has 3 rings (SSSR count). The molecule has 2 aliphatic heterocycles. The van der Waals surface area contributed by atoms with E-state index in [4.69, 9.17) is 4.74 Å². The summed E-state index contributed by atoms with van der Waals surface area (Å²) in [5, 5.41) is 9.30. The molecule has 8 heteroatoms. The smallest absolute Gasteiger partial charge is 0.387 e. The average molecular weight is 383 g/mol. The topological polar surface area (TPSA) is 76.1 Å². The number of aliphatic carboxylic acids is 1. The Balaban J connectivity index is 1.56. The van der Waals surface area contributed by atoms with Crippen molar-refractivity contribution in [3.63, 3.8) is 0 Å². The highest BCUT2D eigenvalue weighted by atomic mass is 19.3. The molecule has 2 atom stereocenters. The molecule has 2 saturated heterocycles. The van der Waals surface area contributed by atoms with E-state index in [0.29, 0.717) is 44.5 Å². The minimum Gasteiger partial charge on any atom is -0.481 e. The first-order chi connectivity index (χ1) is 13.0. The van der Waals surface area contributed by atoms with Crippen molar-refractivity contribution in [1.29, 1.82) is 0 Å². The van der Waals surface area contributed by atoms with Gasteiger partial charge in [-0.05, 0) is 31.2 Å². The van der Waals surface area contributed by atoms with Crippen LogP contribution >= 0.6 is 0 Å². The highest BCUT2D eigenvalue weighted by Crippen LogP contribution is 2.33. The summed E-state index contributed by atoms with van der Waals surface area (Å²) in [6.45, 7) is -1.46. The van der Waals surface area contributed by atoms with Crippen LogP contribution in [0.2, 0.25) is 0 Å². The summed E-state index contributed by atoms with van der Waals surface area (Å²) < 4.78 is 35.1. The van der Waals surface area contributed by atoms with E-state index in [1.165, 1.54) is 6.07 Å². The molecular weight excluding hydrogens is 360 g/mol. The van der Waals surface area contributed by atoms with Crippen molar-refractivity contribution in [3.05, 3.63) is 29.8 Å². The Kier molecular flexibility index (Phi) is 6.26. The molecule has 2 fully saturated rings. The standard InChI is InChI=1S/C19H23F2NO5/c20-19(21)27-15-4-2-1-3-13(15)11-16(23)22-8-5-12(6-9-22)17-14(18(24)25)7-10-26-17/h1-4,12,14,17,19H,5-11H2,(H,24,25)/t14?,17-/m0/s1. The van der Waals surface area contributed by atoms with Crippen LogP contribution in [0.5, 0.6) is 5.75 Å². The summed E-state index contributed by atoms with van der Waals surface area (Å²) >= 11 is 0. The van der Waals surface area contributed by atoms with E-state index in [1.54, 1.807) is 23.1 Å². The second-order valence-electron chi connectivity index (χ2n) is 6.95. The predicted molar refractivity (Wildman–Crippen MR) is 91.6 cm³/mol. The molecule has 27 heavy (non-hydrogen) atoms. The van der Waals surface area contributed by atoms with Crippen molar-refractivity contribution in [3.8, 4) is 5.75 Å². The number of likely N-dealkylation sites (tertiary alicyclic amines) is 1. The van der Waals surface area contributed by atoms with Crippen LogP contribution in [0, 0.1) is 11.8 Å². The van der Waals surface area contributed by atoms with Crippen LogP contribution in [0.25, 0.3) is 0 Å². The minimum absolute atomic E-state index is 0.00869. The van der Waals surface area contributed by atoms with Crippen LogP contribution in [-0.2, 0) is 20.7 Å². The Morgan fingerprint density at radius 3 is 2.59 bits per heavy atom. The van der Waals surface area contributed by atoms with Gasteiger partial charge in [-0.25, -0.2) is 0 Å². The van der Waals surface area contributed by atoms with Crippen molar-refractivity contribution in [1.82, 2.24) is 4.90 Å². The second kappa shape index (κ2) is 8.65. The maximum atomic E-state index is 12.6. The molecule has 0 aromatic heterocycles. The zero-order chi connectivity index (χ0) is 19.4. The number of amides is 1. The van der Waals surface area contributed by atoms with Gasteiger partial charge >= 0.3 is 12.6 Å². The summed E-state index contributed by atoms with van der Waals surface area (Å²) in [6, 6.07) is 6.28. The van der Waals surface area contributed by atoms with E-state index < -0.39 is 18.5 Å². The molecule has 6 nitrogen and oxygen atoms in total. The molecule has 1 unspecified atom stereocenters. The number of halogens is 2. The molecule has 1 aromatic rings. The molecule has 0 radical (unpaired) electrons. The molecule has 0 spiro atoms. The van der Waals surface area contributed by atoms with Crippen molar-refractivity contribution >= 4 is 11.9 Å². The van der Waals surface area contributed by atoms with Crippen LogP contribution in [-0.4, -0.2) is 54.3 Å². The zero-order valence-electron chi connectivity index (χ0n) is 14.9. The van der Waals surface area contributed by atoms with Crippen LogP contribution in [0.15, 0.2) is 24.3 Å². The Morgan fingerprint density at radius 1 is 1.22 bits per heavy atom. The van der Waals surface area contributed by atoms with Gasteiger partial charge in [0.15, 0.2) is 0 Å². The fraction of sp³-hybridized carbons (Fsp3) is 0.579. The van der Waals surface area contributed by atoms with Gasteiger partial charge in [0.05, 0.1) is 18.4 Å². The normalized spacial score (nSPS) is 23.6. The summed E-state index contributed by atoms with van der Waals surface area (Å²) in [6.07, 6.45) is 1.58. The number of benzene rings is 1. The fourth-order valence-electron chi connectivity index (χ4n) is 3.95. The van der Waals surface area contributed by atoms with Gasteiger partial charge in [-0.15, -0.1) is 0 Å². The highest BCUT2D eigenvalue weighted by Gasteiger charge is 2.40. The number of rotatable bonds is 6. The van der Waals surface area contributed by atoms with E-state index >= 15 is 0 Å². The van der Waals surface area contributed by atoms with Crippen molar-refractivity contribution in [2.75, 3.05) is 19.7 Å². The van der Waals surface area contributed by atoms with Gasteiger partial charge < -0.3 is 19.5 Å². The first-order valence-electron chi connectivity index (χ1n) is 9.10. The van der Waals surface area contributed by atoms with Gasteiger partial charge in [0.1, 0.15) is 5.75 Å². The summed E-state index contributed by atoms with van der Waals surface area (Å²) in [7, 11) is 0. The van der Waals surface area contributed by atoms with Gasteiger partial charge in [-0.2, -0.15) is 8.78 Å². The monoisotopic (exact) mass is 383 g/mol. The lowest BCUT2D eigenvalue weighted by atomic mass is 9.84. The minimum atomic E-state index is -2.94. The molecule has 0 saturated carbocycles. The van der Waals surface area contributed by atoms with E-state index in [9.17, 15) is 23.5 Å². The lowest BCUT2D eigenvalue weighted by molar-refractivity contribution is -0.145. The number of hydrogen-bond acceptors (Lipinski definition) is 4. The quantitative estimate of drug-likeness (QED) is 0.817. The van der Waals surface area contributed by atoms with Crippen molar-refractivity contribution in [2.45, 2.75) is 38.4 Å². The Bertz CT molecular complexity index is 676. The number of carboxylic acid groups (broad SMARTS) is 1. The maximum Gasteiger partial charge on any atom is 0.387 e. The molecular formula is C19H23F2NO5. The van der Waals surface area contributed by atoms with E-state index in [0.717, 1.165) is 0 Å². The van der Waals surface area contributed by atoms with E-state index in [-0.39, 0.29) is 30.1 Å². The van der Waals surface area contributed by atoms with Gasteiger partial charge in [-0.1, -0.05) is 18.2 Å². The lowest BCUT2D eigenvalue weighted by Crippen LogP contribution is -2.43. The largest absolute Gasteiger partial charge is 0.481 e. The van der Waals surface area contributed by atoms with Crippen LogP contribution in [0.3, 0.4) is 0 Å². The highest BCUT2D eigenvalue weighted by molar-refractivity contribution is 5.79. The number of nitrogens with zero attached hydrogens (tertiary/aromatic N) is 1. The molecule has 2 aliphatic rings. The molecule has 1 N–H and O–H groups in total.